The largest absolute Gasteiger partial charge is 0.623 e. The van der Waals surface area contributed by atoms with E-state index in [0.29, 0.717) is 16.1 Å². The number of carbonyl (C=O) groups is 1. The second-order valence-electron chi connectivity index (χ2n) is 4.62. The van der Waals surface area contributed by atoms with Gasteiger partial charge in [0.15, 0.2) is 6.21 Å². The van der Waals surface area contributed by atoms with Gasteiger partial charge in [-0.3, -0.25) is 0 Å². The molecular formula is C17H17NO4. The molecule has 22 heavy (non-hydrogen) atoms. The summed E-state index contributed by atoms with van der Waals surface area (Å²) >= 11 is 0. The van der Waals surface area contributed by atoms with Crippen molar-refractivity contribution in [3.05, 3.63) is 70.9 Å². The van der Waals surface area contributed by atoms with Crippen LogP contribution in [0.3, 0.4) is 0 Å². The van der Waals surface area contributed by atoms with E-state index < -0.39 is 5.97 Å². The van der Waals surface area contributed by atoms with Crippen molar-refractivity contribution < 1.29 is 19.0 Å². The molecule has 0 fully saturated rings. The first kappa shape index (κ1) is 15.6. The molecule has 114 valence electrons. The van der Waals surface area contributed by atoms with Gasteiger partial charge in [-0.05, 0) is 29.8 Å². The van der Waals surface area contributed by atoms with Crippen molar-refractivity contribution in [1.82, 2.24) is 0 Å². The molecule has 0 saturated heterocycles. The first-order valence-corrected chi connectivity index (χ1v) is 6.79. The maximum absolute atomic E-state index is 11.7. The fraction of sp³-hybridized carbons (Fsp3) is 0.176. The average molecular weight is 299 g/mol. The fourth-order valence-corrected chi connectivity index (χ4v) is 1.81. The molecule has 0 saturated carbocycles. The molecule has 0 bridgehead atoms. The van der Waals surface area contributed by atoms with Crippen molar-refractivity contribution in [2.24, 2.45) is 0 Å². The highest BCUT2D eigenvalue weighted by Crippen LogP contribution is 2.09. The van der Waals surface area contributed by atoms with E-state index in [4.69, 9.17) is 9.47 Å². The van der Waals surface area contributed by atoms with Crippen LogP contribution in [-0.4, -0.2) is 30.6 Å². The molecule has 2 rings (SSSR count). The molecule has 0 N–H and O–H groups in total. The summed E-state index contributed by atoms with van der Waals surface area (Å²) in [7, 11) is 1.57. The summed E-state index contributed by atoms with van der Waals surface area (Å²) in [5, 5.41) is 11.7. The number of esters is 1. The lowest BCUT2D eigenvalue weighted by Crippen LogP contribution is -2.19. The van der Waals surface area contributed by atoms with Gasteiger partial charge in [-0.1, -0.05) is 30.3 Å². The van der Waals surface area contributed by atoms with Crippen molar-refractivity contribution in [1.29, 1.82) is 0 Å². The minimum absolute atomic E-state index is 0.163. The van der Waals surface area contributed by atoms with Crippen LogP contribution in [0.5, 0.6) is 5.75 Å². The number of ether oxygens (including phenoxy) is 2. The standard InChI is InChI=1S/C17H17NO4/c1-21-16-9-7-14(8-10-16)11-18(20)12-17(19)22-13-15-5-3-2-4-6-15/h2-11H,12-13H2,1H3/b18-11-. The molecule has 0 atom stereocenters. The van der Waals surface area contributed by atoms with E-state index in [0.717, 1.165) is 5.56 Å². The van der Waals surface area contributed by atoms with Crippen LogP contribution in [0.25, 0.3) is 0 Å². The lowest BCUT2D eigenvalue weighted by atomic mass is 10.2. The van der Waals surface area contributed by atoms with Crippen molar-refractivity contribution in [2.75, 3.05) is 13.7 Å². The molecule has 0 amide bonds. The molecule has 0 unspecified atom stereocenters. The summed E-state index contributed by atoms with van der Waals surface area (Å²) in [5.74, 6) is 0.139. The van der Waals surface area contributed by atoms with Crippen molar-refractivity contribution >= 4 is 12.2 Å². The first-order chi connectivity index (χ1) is 10.7. The number of nitrogens with zero attached hydrogens (tertiary/aromatic N) is 1. The second-order valence-corrected chi connectivity index (χ2v) is 4.62. The van der Waals surface area contributed by atoms with Gasteiger partial charge in [0.2, 0.25) is 6.54 Å². The Kier molecular flexibility index (Phi) is 5.54. The number of rotatable bonds is 6. The molecule has 5 heteroatoms. The molecule has 0 radical (unpaired) electrons. The highest BCUT2D eigenvalue weighted by Gasteiger charge is 2.08. The van der Waals surface area contributed by atoms with E-state index in [1.807, 2.05) is 30.3 Å². The molecule has 0 spiro atoms. The van der Waals surface area contributed by atoms with Gasteiger partial charge in [0.1, 0.15) is 12.4 Å². The molecule has 0 aromatic heterocycles. The quantitative estimate of drug-likeness (QED) is 0.270. The molecule has 0 aliphatic carbocycles. The SMILES string of the molecule is COc1ccc(/C=[N+](\[O-])CC(=O)OCc2ccccc2)cc1. The topological polar surface area (TPSA) is 61.6 Å². The van der Waals surface area contributed by atoms with Crippen molar-refractivity contribution in [3.63, 3.8) is 0 Å². The molecule has 5 nitrogen and oxygen atoms in total. The molecular weight excluding hydrogens is 282 g/mol. The Hall–Kier alpha value is -2.82. The van der Waals surface area contributed by atoms with Crippen LogP contribution in [0.4, 0.5) is 0 Å². The number of benzene rings is 2. The van der Waals surface area contributed by atoms with Gasteiger partial charge in [-0.15, -0.1) is 0 Å². The summed E-state index contributed by atoms with van der Waals surface area (Å²) in [6.45, 7) is -0.186. The Labute approximate surface area is 129 Å². The van der Waals surface area contributed by atoms with Crippen LogP contribution < -0.4 is 4.74 Å². The first-order valence-electron chi connectivity index (χ1n) is 6.79. The number of methoxy groups -OCH3 is 1. The van der Waals surface area contributed by atoms with Crippen LogP contribution in [0.2, 0.25) is 0 Å². The molecule has 0 aliphatic heterocycles. The Morgan fingerprint density at radius 1 is 1.14 bits per heavy atom. The average Bonchev–Trinajstić information content (AvgIpc) is 2.54. The number of carbonyl (C=O) groups excluding carboxylic acids is 1. The number of hydroxylamine groups is 1. The lowest BCUT2D eigenvalue weighted by Gasteiger charge is -2.06. The third-order valence-electron chi connectivity index (χ3n) is 2.94. The van der Waals surface area contributed by atoms with Gasteiger partial charge < -0.3 is 14.7 Å². The molecule has 0 aliphatic rings. The fourth-order valence-electron chi connectivity index (χ4n) is 1.81. The summed E-state index contributed by atoms with van der Waals surface area (Å²) in [6, 6.07) is 16.3. The van der Waals surface area contributed by atoms with E-state index in [9.17, 15) is 10.0 Å². The monoisotopic (exact) mass is 299 g/mol. The number of hydrogen-bond acceptors (Lipinski definition) is 4. The maximum Gasteiger partial charge on any atom is 0.373 e. The lowest BCUT2D eigenvalue weighted by molar-refractivity contribution is -0.443. The third kappa shape index (κ3) is 4.94. The molecule has 0 heterocycles. The predicted octanol–water partition coefficient (Wildman–Crippen LogP) is 2.37. The minimum Gasteiger partial charge on any atom is -0.623 e. The van der Waals surface area contributed by atoms with Crippen LogP contribution in [0, 0.1) is 5.21 Å². The zero-order valence-corrected chi connectivity index (χ0v) is 12.3. The van der Waals surface area contributed by atoms with Crippen LogP contribution in [0.1, 0.15) is 11.1 Å². The van der Waals surface area contributed by atoms with Crippen LogP contribution in [0.15, 0.2) is 54.6 Å². The van der Waals surface area contributed by atoms with E-state index in [-0.39, 0.29) is 13.2 Å². The smallest absolute Gasteiger partial charge is 0.373 e. The van der Waals surface area contributed by atoms with E-state index >= 15 is 0 Å². The van der Waals surface area contributed by atoms with Crippen LogP contribution >= 0.6 is 0 Å². The van der Waals surface area contributed by atoms with Gasteiger partial charge >= 0.3 is 5.97 Å². The molecule has 2 aromatic rings. The van der Waals surface area contributed by atoms with Crippen molar-refractivity contribution in [2.45, 2.75) is 6.61 Å². The Morgan fingerprint density at radius 2 is 1.82 bits per heavy atom. The van der Waals surface area contributed by atoms with E-state index in [1.54, 1.807) is 31.4 Å². The predicted molar refractivity (Wildman–Crippen MR) is 82.9 cm³/mol. The Morgan fingerprint density at radius 3 is 2.45 bits per heavy atom. The van der Waals surface area contributed by atoms with Gasteiger partial charge in [0.05, 0.1) is 7.11 Å². The zero-order chi connectivity index (χ0) is 15.8. The van der Waals surface area contributed by atoms with Crippen LogP contribution in [-0.2, 0) is 16.1 Å². The van der Waals surface area contributed by atoms with Gasteiger partial charge in [0.25, 0.3) is 0 Å². The van der Waals surface area contributed by atoms with E-state index in [1.165, 1.54) is 6.21 Å². The zero-order valence-electron chi connectivity index (χ0n) is 12.3. The van der Waals surface area contributed by atoms with Crippen molar-refractivity contribution in [3.8, 4) is 5.75 Å². The van der Waals surface area contributed by atoms with E-state index in [2.05, 4.69) is 0 Å². The molecule has 2 aromatic carbocycles. The minimum atomic E-state index is -0.566. The Bertz CT molecular complexity index is 635. The highest BCUT2D eigenvalue weighted by atomic mass is 16.5. The summed E-state index contributed by atoms with van der Waals surface area (Å²) in [5.41, 5.74) is 1.57. The Balaban J connectivity index is 1.85. The van der Waals surface area contributed by atoms with Gasteiger partial charge in [0, 0.05) is 5.56 Å². The normalized spacial score (nSPS) is 11.0. The summed E-state index contributed by atoms with van der Waals surface area (Å²) < 4.78 is 10.6. The summed E-state index contributed by atoms with van der Waals surface area (Å²) in [4.78, 5) is 11.6. The number of hydrogen-bond donors (Lipinski definition) is 0. The third-order valence-corrected chi connectivity index (χ3v) is 2.94. The van der Waals surface area contributed by atoms with Gasteiger partial charge in [-0.2, -0.15) is 4.74 Å². The highest BCUT2D eigenvalue weighted by molar-refractivity contribution is 5.77. The second kappa shape index (κ2) is 7.83. The van der Waals surface area contributed by atoms with Gasteiger partial charge in [-0.25, -0.2) is 4.79 Å². The maximum atomic E-state index is 11.7. The summed E-state index contributed by atoms with van der Waals surface area (Å²) in [6.07, 6.45) is 1.34.